The number of nitrogens with one attached hydrogen (secondary N) is 1. The Balaban J connectivity index is 1.59. The summed E-state index contributed by atoms with van der Waals surface area (Å²) in [6, 6.07) is 19.3. The maximum absolute atomic E-state index is 12.2. The number of nitrogens with zero attached hydrogens (tertiary/aromatic N) is 1. The summed E-state index contributed by atoms with van der Waals surface area (Å²) in [5, 5.41) is 4.44. The molecular weight excluding hydrogens is 531 g/mol. The van der Waals surface area contributed by atoms with Crippen molar-refractivity contribution in [3.05, 3.63) is 98.5 Å². The van der Waals surface area contributed by atoms with Crippen LogP contribution >= 0.6 is 39.1 Å². The first kappa shape index (κ1) is 24.5. The SMILES string of the molecule is O=C(COc1cccc(Cl)c1Cl)N/N=C/c1cc(Br)ccc1OC(=O)/C=C/c1ccccc1. The molecule has 3 aromatic rings. The van der Waals surface area contributed by atoms with E-state index in [-0.39, 0.29) is 23.1 Å². The van der Waals surface area contributed by atoms with Gasteiger partial charge in [0, 0.05) is 16.1 Å². The summed E-state index contributed by atoms with van der Waals surface area (Å²) in [6.45, 7) is -0.317. The number of hydrogen-bond acceptors (Lipinski definition) is 5. The Morgan fingerprint density at radius 3 is 2.58 bits per heavy atom. The van der Waals surface area contributed by atoms with Gasteiger partial charge in [0.05, 0.1) is 11.2 Å². The van der Waals surface area contributed by atoms with E-state index < -0.39 is 11.9 Å². The first-order valence-electron chi connectivity index (χ1n) is 9.55. The van der Waals surface area contributed by atoms with E-state index in [9.17, 15) is 9.59 Å². The van der Waals surface area contributed by atoms with Crippen LogP contribution in [0.1, 0.15) is 11.1 Å². The number of carbonyl (C=O) groups is 2. The van der Waals surface area contributed by atoms with E-state index in [1.165, 1.54) is 12.3 Å². The first-order chi connectivity index (χ1) is 15.9. The van der Waals surface area contributed by atoms with Crippen LogP contribution in [-0.4, -0.2) is 24.7 Å². The van der Waals surface area contributed by atoms with Gasteiger partial charge in [-0.1, -0.05) is 75.5 Å². The lowest BCUT2D eigenvalue weighted by Crippen LogP contribution is -2.24. The van der Waals surface area contributed by atoms with Gasteiger partial charge in [-0.2, -0.15) is 5.10 Å². The molecule has 0 bridgehead atoms. The first-order valence-corrected chi connectivity index (χ1v) is 11.1. The molecule has 168 valence electrons. The molecule has 0 fully saturated rings. The second-order valence-electron chi connectivity index (χ2n) is 6.48. The summed E-state index contributed by atoms with van der Waals surface area (Å²) in [5.74, 6) is -0.498. The lowest BCUT2D eigenvalue weighted by atomic mass is 10.2. The Hall–Kier alpha value is -3.13. The van der Waals surface area contributed by atoms with Gasteiger partial charge in [-0.05, 0) is 42.0 Å². The van der Waals surface area contributed by atoms with Crippen molar-refractivity contribution in [3.8, 4) is 11.5 Å². The fraction of sp³-hybridized carbons (Fsp3) is 0.0417. The number of halogens is 3. The number of esters is 1. The van der Waals surface area contributed by atoms with Crippen LogP contribution in [0, 0.1) is 0 Å². The molecule has 0 saturated carbocycles. The third kappa shape index (κ3) is 7.75. The molecule has 0 aliphatic heterocycles. The maximum atomic E-state index is 12.2. The number of amides is 1. The van der Waals surface area contributed by atoms with Gasteiger partial charge < -0.3 is 9.47 Å². The molecule has 0 aromatic heterocycles. The summed E-state index contributed by atoms with van der Waals surface area (Å²) in [6.07, 6.45) is 4.35. The quantitative estimate of drug-likeness (QED) is 0.125. The molecule has 0 spiro atoms. The van der Waals surface area contributed by atoms with Crippen molar-refractivity contribution >= 4 is 63.3 Å². The molecule has 1 N–H and O–H groups in total. The van der Waals surface area contributed by atoms with Crippen molar-refractivity contribution in [1.82, 2.24) is 5.43 Å². The molecule has 0 saturated heterocycles. The van der Waals surface area contributed by atoms with Crippen molar-refractivity contribution in [2.24, 2.45) is 5.10 Å². The van der Waals surface area contributed by atoms with Crippen LogP contribution in [0.5, 0.6) is 11.5 Å². The van der Waals surface area contributed by atoms with Crippen LogP contribution in [0.25, 0.3) is 6.08 Å². The minimum absolute atomic E-state index is 0.220. The van der Waals surface area contributed by atoms with Crippen molar-refractivity contribution < 1.29 is 19.1 Å². The highest BCUT2D eigenvalue weighted by Gasteiger charge is 2.09. The molecule has 0 atom stereocenters. The largest absolute Gasteiger partial charge is 0.482 e. The molecule has 3 aromatic carbocycles. The minimum Gasteiger partial charge on any atom is -0.482 e. The van der Waals surface area contributed by atoms with Gasteiger partial charge in [0.25, 0.3) is 5.91 Å². The van der Waals surface area contributed by atoms with Crippen molar-refractivity contribution in [2.75, 3.05) is 6.61 Å². The van der Waals surface area contributed by atoms with Crippen LogP contribution in [0.4, 0.5) is 0 Å². The van der Waals surface area contributed by atoms with Gasteiger partial charge in [-0.15, -0.1) is 0 Å². The van der Waals surface area contributed by atoms with Crippen LogP contribution in [0.2, 0.25) is 10.0 Å². The predicted molar refractivity (Wildman–Crippen MR) is 133 cm³/mol. The molecule has 33 heavy (non-hydrogen) atoms. The highest BCUT2D eigenvalue weighted by atomic mass is 79.9. The van der Waals surface area contributed by atoms with Crippen LogP contribution in [0.3, 0.4) is 0 Å². The molecule has 1 amide bonds. The predicted octanol–water partition coefficient (Wildman–Crippen LogP) is 5.90. The molecule has 9 heteroatoms. The molecule has 0 unspecified atom stereocenters. The Morgan fingerprint density at radius 2 is 1.79 bits per heavy atom. The van der Waals surface area contributed by atoms with Gasteiger partial charge in [-0.25, -0.2) is 10.2 Å². The van der Waals surface area contributed by atoms with Crippen molar-refractivity contribution in [3.63, 3.8) is 0 Å². The van der Waals surface area contributed by atoms with E-state index in [2.05, 4.69) is 26.5 Å². The molecule has 0 radical (unpaired) electrons. The average molecular weight is 548 g/mol. The minimum atomic E-state index is -0.549. The highest BCUT2D eigenvalue weighted by molar-refractivity contribution is 9.10. The van der Waals surface area contributed by atoms with Gasteiger partial charge in [0.2, 0.25) is 0 Å². The summed E-state index contributed by atoms with van der Waals surface area (Å²) in [4.78, 5) is 24.2. The van der Waals surface area contributed by atoms with E-state index in [1.54, 1.807) is 42.5 Å². The Bertz CT molecular complexity index is 1200. The van der Waals surface area contributed by atoms with Gasteiger partial charge in [0.1, 0.15) is 16.5 Å². The molecule has 0 aliphatic carbocycles. The number of benzene rings is 3. The lowest BCUT2D eigenvalue weighted by Gasteiger charge is -2.08. The summed E-state index contributed by atoms with van der Waals surface area (Å²) < 4.78 is 11.5. The topological polar surface area (TPSA) is 77.0 Å². The number of carbonyl (C=O) groups excluding carboxylic acids is 2. The average Bonchev–Trinajstić information content (AvgIpc) is 2.81. The van der Waals surface area contributed by atoms with Gasteiger partial charge in [0.15, 0.2) is 6.61 Å². The van der Waals surface area contributed by atoms with E-state index in [1.807, 2.05) is 30.3 Å². The van der Waals surface area contributed by atoms with E-state index in [0.29, 0.717) is 10.6 Å². The zero-order valence-corrected chi connectivity index (χ0v) is 20.1. The second kappa shape index (κ2) is 12.2. The van der Waals surface area contributed by atoms with Gasteiger partial charge >= 0.3 is 5.97 Å². The molecule has 0 aliphatic rings. The monoisotopic (exact) mass is 546 g/mol. The highest BCUT2D eigenvalue weighted by Crippen LogP contribution is 2.31. The molecule has 3 rings (SSSR count). The summed E-state index contributed by atoms with van der Waals surface area (Å²) in [5.41, 5.74) is 3.69. The lowest BCUT2D eigenvalue weighted by molar-refractivity contribution is -0.129. The fourth-order valence-corrected chi connectivity index (χ4v) is 3.25. The third-order valence-corrected chi connectivity index (χ3v) is 5.36. The Morgan fingerprint density at radius 1 is 1.00 bits per heavy atom. The summed E-state index contributed by atoms with van der Waals surface area (Å²) >= 11 is 15.3. The van der Waals surface area contributed by atoms with E-state index >= 15 is 0 Å². The smallest absolute Gasteiger partial charge is 0.336 e. The standard InChI is InChI=1S/C24H17BrCl2N2O4/c25-18-10-11-20(33-23(31)12-9-16-5-2-1-3-6-16)17(13-18)14-28-29-22(30)15-32-21-8-4-7-19(26)24(21)27/h1-14H,15H2,(H,29,30)/b12-9+,28-14+. The van der Waals surface area contributed by atoms with E-state index in [0.717, 1.165) is 10.0 Å². The van der Waals surface area contributed by atoms with E-state index in [4.69, 9.17) is 32.7 Å². The second-order valence-corrected chi connectivity index (χ2v) is 8.18. The molecule has 0 heterocycles. The molecule has 6 nitrogen and oxygen atoms in total. The normalized spacial score (nSPS) is 11.0. The summed E-state index contributed by atoms with van der Waals surface area (Å²) in [7, 11) is 0. The zero-order valence-electron chi connectivity index (χ0n) is 17.0. The number of rotatable bonds is 8. The Kier molecular flexibility index (Phi) is 9.06. The fourth-order valence-electron chi connectivity index (χ4n) is 2.53. The maximum Gasteiger partial charge on any atom is 0.336 e. The van der Waals surface area contributed by atoms with Gasteiger partial charge in [-0.3, -0.25) is 4.79 Å². The van der Waals surface area contributed by atoms with Crippen LogP contribution < -0.4 is 14.9 Å². The van der Waals surface area contributed by atoms with Crippen LogP contribution in [0.15, 0.2) is 82.4 Å². The van der Waals surface area contributed by atoms with Crippen LogP contribution in [-0.2, 0) is 9.59 Å². The van der Waals surface area contributed by atoms with Crippen molar-refractivity contribution in [2.45, 2.75) is 0 Å². The molecular formula is C24H17BrCl2N2O4. The van der Waals surface area contributed by atoms with Crippen molar-refractivity contribution in [1.29, 1.82) is 0 Å². The number of ether oxygens (including phenoxy) is 2. The third-order valence-electron chi connectivity index (χ3n) is 4.06. The number of hydrogen-bond donors (Lipinski definition) is 1. The number of hydrazone groups is 1. The Labute approximate surface area is 208 Å². The zero-order chi connectivity index (χ0) is 23.6.